The maximum Gasteiger partial charge on any atom is 0.179 e. The van der Waals surface area contributed by atoms with Crippen LogP contribution in [0.3, 0.4) is 0 Å². The summed E-state index contributed by atoms with van der Waals surface area (Å²) in [6, 6.07) is 8.73. The van der Waals surface area contributed by atoms with Crippen molar-refractivity contribution in [1.29, 1.82) is 5.26 Å². The second-order valence-electron chi connectivity index (χ2n) is 6.79. The molecular formula is C18H25N3O2S. The SMILES string of the molecule is N#Cc1ccc(S(=O)(=O)CCN2CCCC2CN2CCCC2)cc1. The van der Waals surface area contributed by atoms with Gasteiger partial charge in [0, 0.05) is 19.1 Å². The van der Waals surface area contributed by atoms with E-state index in [2.05, 4.69) is 9.80 Å². The highest BCUT2D eigenvalue weighted by Crippen LogP contribution is 2.21. The molecule has 2 aliphatic rings. The summed E-state index contributed by atoms with van der Waals surface area (Å²) in [5.41, 5.74) is 0.485. The van der Waals surface area contributed by atoms with Crippen LogP contribution in [0.15, 0.2) is 29.2 Å². The van der Waals surface area contributed by atoms with E-state index < -0.39 is 9.84 Å². The van der Waals surface area contributed by atoms with Crippen LogP contribution in [0.25, 0.3) is 0 Å². The molecular weight excluding hydrogens is 322 g/mol. The predicted molar refractivity (Wildman–Crippen MR) is 93.5 cm³/mol. The van der Waals surface area contributed by atoms with Gasteiger partial charge in [-0.05, 0) is 69.6 Å². The Hall–Kier alpha value is -1.42. The molecule has 5 nitrogen and oxygen atoms in total. The zero-order valence-electron chi connectivity index (χ0n) is 14.0. The number of hydrogen-bond donors (Lipinski definition) is 0. The minimum absolute atomic E-state index is 0.148. The highest BCUT2D eigenvalue weighted by Gasteiger charge is 2.28. The molecule has 6 heteroatoms. The van der Waals surface area contributed by atoms with Gasteiger partial charge in [0.2, 0.25) is 0 Å². The first kappa shape index (κ1) is 17.4. The molecule has 2 aliphatic heterocycles. The van der Waals surface area contributed by atoms with Crippen molar-refractivity contribution in [2.24, 2.45) is 0 Å². The molecule has 0 aromatic heterocycles. The van der Waals surface area contributed by atoms with Gasteiger partial charge in [0.1, 0.15) is 0 Å². The average molecular weight is 347 g/mol. The zero-order chi connectivity index (χ0) is 17.0. The summed E-state index contributed by atoms with van der Waals surface area (Å²) in [5.74, 6) is 0.148. The summed E-state index contributed by atoms with van der Waals surface area (Å²) in [5, 5.41) is 8.81. The summed E-state index contributed by atoms with van der Waals surface area (Å²) in [6.07, 6.45) is 4.92. The molecule has 1 unspecified atom stereocenters. The van der Waals surface area contributed by atoms with Gasteiger partial charge in [-0.25, -0.2) is 8.42 Å². The zero-order valence-corrected chi connectivity index (χ0v) is 14.8. The van der Waals surface area contributed by atoms with Crippen molar-refractivity contribution in [2.45, 2.75) is 36.6 Å². The molecule has 0 bridgehead atoms. The molecule has 0 spiro atoms. The van der Waals surface area contributed by atoms with Gasteiger partial charge in [-0.2, -0.15) is 5.26 Å². The Labute approximate surface area is 144 Å². The van der Waals surface area contributed by atoms with Crippen molar-refractivity contribution >= 4 is 9.84 Å². The molecule has 2 fully saturated rings. The number of hydrogen-bond acceptors (Lipinski definition) is 5. The van der Waals surface area contributed by atoms with Crippen LogP contribution in [-0.2, 0) is 9.84 Å². The normalized spacial score (nSPS) is 22.7. The molecule has 1 aromatic carbocycles. The van der Waals surface area contributed by atoms with E-state index in [9.17, 15) is 8.42 Å². The van der Waals surface area contributed by atoms with Crippen molar-refractivity contribution in [3.05, 3.63) is 29.8 Å². The highest BCUT2D eigenvalue weighted by atomic mass is 32.2. The minimum Gasteiger partial charge on any atom is -0.302 e. The van der Waals surface area contributed by atoms with E-state index in [4.69, 9.17) is 5.26 Å². The Bertz CT molecular complexity index is 688. The number of nitriles is 1. The van der Waals surface area contributed by atoms with Gasteiger partial charge >= 0.3 is 0 Å². The molecule has 0 aliphatic carbocycles. The lowest BCUT2D eigenvalue weighted by atomic mass is 10.2. The average Bonchev–Trinajstić information content (AvgIpc) is 3.25. The van der Waals surface area contributed by atoms with Gasteiger partial charge in [-0.15, -0.1) is 0 Å². The van der Waals surface area contributed by atoms with Gasteiger partial charge < -0.3 is 4.90 Å². The van der Waals surface area contributed by atoms with Crippen LogP contribution in [0.1, 0.15) is 31.2 Å². The van der Waals surface area contributed by atoms with E-state index >= 15 is 0 Å². The fourth-order valence-corrected chi connectivity index (χ4v) is 5.01. The monoisotopic (exact) mass is 347 g/mol. The van der Waals surface area contributed by atoms with Gasteiger partial charge in [-0.1, -0.05) is 0 Å². The summed E-state index contributed by atoms with van der Waals surface area (Å²) >= 11 is 0. The van der Waals surface area contributed by atoms with Gasteiger partial charge in [0.05, 0.1) is 22.3 Å². The third-order valence-electron chi connectivity index (χ3n) is 5.16. The van der Waals surface area contributed by atoms with E-state index in [1.54, 1.807) is 24.3 Å². The molecule has 0 amide bonds. The van der Waals surface area contributed by atoms with E-state index in [0.717, 1.165) is 19.5 Å². The number of rotatable bonds is 6. The van der Waals surface area contributed by atoms with Crippen molar-refractivity contribution in [3.8, 4) is 6.07 Å². The Morgan fingerprint density at radius 1 is 1.08 bits per heavy atom. The third-order valence-corrected chi connectivity index (χ3v) is 6.87. The molecule has 1 aromatic rings. The standard InChI is InChI=1S/C18H25N3O2S/c19-14-16-5-7-18(8-6-16)24(22,23)13-12-21-11-3-4-17(21)15-20-9-1-2-10-20/h5-8,17H,1-4,9-13,15H2. The van der Waals surface area contributed by atoms with E-state index in [1.165, 1.54) is 32.4 Å². The summed E-state index contributed by atoms with van der Waals surface area (Å²) in [6.45, 7) is 5.06. The Morgan fingerprint density at radius 3 is 2.46 bits per heavy atom. The van der Waals surface area contributed by atoms with Crippen molar-refractivity contribution in [2.75, 3.05) is 38.5 Å². The summed E-state index contributed by atoms with van der Waals surface area (Å²) in [7, 11) is -3.29. The predicted octanol–water partition coefficient (Wildman–Crippen LogP) is 1.89. The summed E-state index contributed by atoms with van der Waals surface area (Å²) in [4.78, 5) is 5.18. The van der Waals surface area contributed by atoms with Gasteiger partial charge in [0.25, 0.3) is 0 Å². The number of nitrogens with zero attached hydrogens (tertiary/aromatic N) is 3. The molecule has 0 radical (unpaired) electrons. The summed E-state index contributed by atoms with van der Waals surface area (Å²) < 4.78 is 25.0. The van der Waals surface area contributed by atoms with Crippen LogP contribution < -0.4 is 0 Å². The first-order chi connectivity index (χ1) is 11.6. The maximum absolute atomic E-state index is 12.5. The fraction of sp³-hybridized carbons (Fsp3) is 0.611. The van der Waals surface area contributed by atoms with Crippen LogP contribution in [0, 0.1) is 11.3 Å². The van der Waals surface area contributed by atoms with Crippen molar-refractivity contribution in [1.82, 2.24) is 9.80 Å². The van der Waals surface area contributed by atoms with Crippen LogP contribution in [0.2, 0.25) is 0 Å². The van der Waals surface area contributed by atoms with E-state index in [0.29, 0.717) is 23.0 Å². The Kier molecular flexibility index (Phi) is 5.54. The third kappa shape index (κ3) is 4.15. The molecule has 130 valence electrons. The lowest BCUT2D eigenvalue weighted by Gasteiger charge is -2.28. The van der Waals surface area contributed by atoms with E-state index in [1.807, 2.05) is 6.07 Å². The largest absolute Gasteiger partial charge is 0.302 e. The molecule has 0 N–H and O–H groups in total. The van der Waals surface area contributed by atoms with Crippen LogP contribution in [0.5, 0.6) is 0 Å². The number of sulfone groups is 1. The smallest absolute Gasteiger partial charge is 0.179 e. The second kappa shape index (κ2) is 7.64. The van der Waals surface area contributed by atoms with Crippen LogP contribution in [-0.4, -0.2) is 62.7 Å². The molecule has 24 heavy (non-hydrogen) atoms. The first-order valence-corrected chi connectivity index (χ1v) is 10.4. The number of benzene rings is 1. The minimum atomic E-state index is -3.29. The molecule has 3 rings (SSSR count). The van der Waals surface area contributed by atoms with E-state index in [-0.39, 0.29) is 5.75 Å². The Balaban J connectivity index is 1.57. The number of likely N-dealkylation sites (tertiary alicyclic amines) is 2. The van der Waals surface area contributed by atoms with Gasteiger partial charge in [0.15, 0.2) is 9.84 Å². The second-order valence-corrected chi connectivity index (χ2v) is 8.90. The highest BCUT2D eigenvalue weighted by molar-refractivity contribution is 7.91. The van der Waals surface area contributed by atoms with Crippen molar-refractivity contribution in [3.63, 3.8) is 0 Å². The maximum atomic E-state index is 12.5. The Morgan fingerprint density at radius 2 is 1.79 bits per heavy atom. The molecule has 2 saturated heterocycles. The lowest BCUT2D eigenvalue weighted by molar-refractivity contribution is 0.199. The van der Waals surface area contributed by atoms with Crippen LogP contribution >= 0.6 is 0 Å². The van der Waals surface area contributed by atoms with Crippen LogP contribution in [0.4, 0.5) is 0 Å². The molecule has 2 heterocycles. The fourth-order valence-electron chi connectivity index (χ4n) is 3.75. The van der Waals surface area contributed by atoms with Crippen molar-refractivity contribution < 1.29 is 8.42 Å². The topological polar surface area (TPSA) is 64.4 Å². The molecule has 1 atom stereocenters. The quantitative estimate of drug-likeness (QED) is 0.786. The first-order valence-electron chi connectivity index (χ1n) is 8.78. The lowest BCUT2D eigenvalue weighted by Crippen LogP contribution is -2.41. The van der Waals surface area contributed by atoms with Gasteiger partial charge in [-0.3, -0.25) is 4.90 Å². The molecule has 0 saturated carbocycles.